The van der Waals surface area contributed by atoms with Gasteiger partial charge in [-0.2, -0.15) is 0 Å². The van der Waals surface area contributed by atoms with Gasteiger partial charge in [0.15, 0.2) is 0 Å². The molecule has 2 aromatic rings. The van der Waals surface area contributed by atoms with Gasteiger partial charge in [-0.3, -0.25) is 4.79 Å². The van der Waals surface area contributed by atoms with Gasteiger partial charge in [0.25, 0.3) is 0 Å². The Morgan fingerprint density at radius 3 is 2.38 bits per heavy atom. The highest BCUT2D eigenvalue weighted by Crippen LogP contribution is 2.19. The van der Waals surface area contributed by atoms with E-state index in [0.717, 1.165) is 22.2 Å². The molecule has 0 heterocycles. The van der Waals surface area contributed by atoms with Gasteiger partial charge in [0.1, 0.15) is 5.75 Å². The molecule has 2 rings (SSSR count). The first kappa shape index (κ1) is 18.5. The van der Waals surface area contributed by atoms with Gasteiger partial charge in [-0.25, -0.2) is 0 Å². The highest BCUT2D eigenvalue weighted by atomic mass is 79.9. The zero-order valence-electron chi connectivity index (χ0n) is 14.0. The molecular weight excluding hydrogens is 368 g/mol. The summed E-state index contributed by atoms with van der Waals surface area (Å²) in [7, 11) is 1.64. The number of methoxy groups -OCH3 is 1. The Hall–Kier alpha value is -1.85. The predicted molar refractivity (Wildman–Crippen MR) is 100 cm³/mol. The molecule has 0 bridgehead atoms. The Labute approximate surface area is 151 Å². The molecule has 0 aliphatic carbocycles. The van der Waals surface area contributed by atoms with Crippen molar-refractivity contribution in [2.45, 2.75) is 25.9 Å². The van der Waals surface area contributed by atoms with Gasteiger partial charge in [0.05, 0.1) is 13.7 Å². The number of benzene rings is 2. The number of carbonyl (C=O) groups excluding carboxylic acids is 1. The summed E-state index contributed by atoms with van der Waals surface area (Å²) in [5.74, 6) is 0.799. The highest BCUT2D eigenvalue weighted by Gasteiger charge is 2.10. The van der Waals surface area contributed by atoms with Crippen molar-refractivity contribution < 1.29 is 9.53 Å². The van der Waals surface area contributed by atoms with Gasteiger partial charge in [-0.05, 0) is 41.8 Å². The van der Waals surface area contributed by atoms with Gasteiger partial charge in [-0.15, -0.1) is 0 Å². The summed E-state index contributed by atoms with van der Waals surface area (Å²) >= 11 is 3.44. The van der Waals surface area contributed by atoms with Crippen molar-refractivity contribution in [3.63, 3.8) is 0 Å². The van der Waals surface area contributed by atoms with E-state index in [-0.39, 0.29) is 11.9 Å². The van der Waals surface area contributed by atoms with E-state index in [2.05, 4.69) is 45.6 Å². The lowest BCUT2D eigenvalue weighted by atomic mass is 10.0. The van der Waals surface area contributed by atoms with Gasteiger partial charge in [0.2, 0.25) is 5.91 Å². The van der Waals surface area contributed by atoms with Gasteiger partial charge >= 0.3 is 0 Å². The van der Waals surface area contributed by atoms with E-state index in [9.17, 15) is 4.79 Å². The Balaban J connectivity index is 1.79. The molecule has 0 radical (unpaired) electrons. The molecule has 0 saturated carbocycles. The topological polar surface area (TPSA) is 50.4 Å². The number of rotatable bonds is 8. The van der Waals surface area contributed by atoms with Crippen LogP contribution in [0.15, 0.2) is 53.0 Å². The second kappa shape index (κ2) is 9.45. The molecule has 0 saturated heterocycles. The van der Waals surface area contributed by atoms with E-state index in [1.165, 1.54) is 5.56 Å². The fourth-order valence-electron chi connectivity index (χ4n) is 2.42. The van der Waals surface area contributed by atoms with E-state index < -0.39 is 0 Å². The third-order valence-corrected chi connectivity index (χ3v) is 4.37. The molecule has 2 N–H and O–H groups in total. The van der Waals surface area contributed by atoms with Crippen LogP contribution in [0.25, 0.3) is 0 Å². The van der Waals surface area contributed by atoms with Crippen LogP contribution in [0.2, 0.25) is 0 Å². The molecule has 0 spiro atoms. The Morgan fingerprint density at radius 2 is 1.79 bits per heavy atom. The van der Waals surface area contributed by atoms with Crippen LogP contribution < -0.4 is 15.4 Å². The normalized spacial score (nSPS) is 11.8. The minimum Gasteiger partial charge on any atom is -0.497 e. The highest BCUT2D eigenvalue weighted by molar-refractivity contribution is 9.10. The van der Waals surface area contributed by atoms with Crippen molar-refractivity contribution in [2.75, 3.05) is 13.7 Å². The summed E-state index contributed by atoms with van der Waals surface area (Å²) in [5, 5.41) is 6.24. The molecule has 1 amide bonds. The molecule has 0 aromatic heterocycles. The monoisotopic (exact) mass is 390 g/mol. The van der Waals surface area contributed by atoms with Gasteiger partial charge < -0.3 is 15.4 Å². The lowest BCUT2D eigenvalue weighted by molar-refractivity contribution is -0.120. The number of nitrogens with one attached hydrogen (secondary N) is 2. The van der Waals surface area contributed by atoms with Crippen LogP contribution in [0.1, 0.15) is 30.5 Å². The molecule has 0 aliphatic heterocycles. The van der Waals surface area contributed by atoms with Crippen molar-refractivity contribution in [1.82, 2.24) is 10.6 Å². The van der Waals surface area contributed by atoms with E-state index in [1.807, 2.05) is 36.4 Å². The third kappa shape index (κ3) is 5.65. The second-order valence-electron chi connectivity index (χ2n) is 5.52. The van der Waals surface area contributed by atoms with E-state index in [1.54, 1.807) is 7.11 Å². The summed E-state index contributed by atoms with van der Waals surface area (Å²) in [6, 6.07) is 16.0. The lowest BCUT2D eigenvalue weighted by Gasteiger charge is -2.17. The average Bonchev–Trinajstić information content (AvgIpc) is 2.62. The largest absolute Gasteiger partial charge is 0.497 e. The fourth-order valence-corrected chi connectivity index (χ4v) is 2.68. The SMILES string of the molecule is CC[C@H](NCC(=O)NCc1ccc(OC)cc1)c1ccc(Br)cc1. The van der Waals surface area contributed by atoms with Crippen molar-refractivity contribution in [3.05, 3.63) is 64.1 Å². The fraction of sp³-hybridized carbons (Fsp3) is 0.316. The van der Waals surface area contributed by atoms with Gasteiger partial charge in [0, 0.05) is 17.1 Å². The second-order valence-corrected chi connectivity index (χ2v) is 6.43. The zero-order chi connectivity index (χ0) is 17.4. The molecule has 128 valence electrons. The molecule has 4 nitrogen and oxygen atoms in total. The minimum absolute atomic E-state index is 0.0126. The molecular formula is C19H23BrN2O2. The van der Waals surface area contributed by atoms with Crippen molar-refractivity contribution in [2.24, 2.45) is 0 Å². The summed E-state index contributed by atoms with van der Waals surface area (Å²) in [4.78, 5) is 12.0. The third-order valence-electron chi connectivity index (χ3n) is 3.84. The Morgan fingerprint density at radius 1 is 1.12 bits per heavy atom. The van der Waals surface area contributed by atoms with Crippen LogP contribution in [0, 0.1) is 0 Å². The molecule has 2 aromatic carbocycles. The van der Waals surface area contributed by atoms with Crippen LogP contribution in [-0.4, -0.2) is 19.6 Å². The van der Waals surface area contributed by atoms with Crippen molar-refractivity contribution in [3.8, 4) is 5.75 Å². The first-order chi connectivity index (χ1) is 11.6. The lowest BCUT2D eigenvalue weighted by Crippen LogP contribution is -2.35. The number of ether oxygens (including phenoxy) is 1. The quantitative estimate of drug-likeness (QED) is 0.720. The maximum Gasteiger partial charge on any atom is 0.234 e. The number of carbonyl (C=O) groups is 1. The molecule has 0 fully saturated rings. The maximum absolute atomic E-state index is 12.0. The number of hydrogen-bond acceptors (Lipinski definition) is 3. The van der Waals surface area contributed by atoms with E-state index >= 15 is 0 Å². The molecule has 0 unspecified atom stereocenters. The van der Waals surface area contributed by atoms with Crippen LogP contribution in [0.3, 0.4) is 0 Å². The van der Waals surface area contributed by atoms with Crippen LogP contribution in [-0.2, 0) is 11.3 Å². The standard InChI is InChI=1S/C19H23BrN2O2/c1-3-18(15-6-8-16(20)9-7-15)21-13-19(23)22-12-14-4-10-17(24-2)11-5-14/h4-11,18,21H,3,12-13H2,1-2H3,(H,22,23)/t18-/m0/s1. The van der Waals surface area contributed by atoms with Crippen LogP contribution >= 0.6 is 15.9 Å². The smallest absolute Gasteiger partial charge is 0.234 e. The van der Waals surface area contributed by atoms with E-state index in [0.29, 0.717) is 13.1 Å². The predicted octanol–water partition coefficient (Wildman–Crippen LogP) is 3.81. The van der Waals surface area contributed by atoms with Crippen molar-refractivity contribution in [1.29, 1.82) is 0 Å². The first-order valence-corrected chi connectivity index (χ1v) is 8.80. The number of amides is 1. The summed E-state index contributed by atoms with van der Waals surface area (Å²) in [5.41, 5.74) is 2.23. The van der Waals surface area contributed by atoms with Crippen LogP contribution in [0.4, 0.5) is 0 Å². The molecule has 1 atom stereocenters. The minimum atomic E-state index is -0.0126. The zero-order valence-corrected chi connectivity index (χ0v) is 15.6. The average molecular weight is 391 g/mol. The Bertz CT molecular complexity index is 641. The van der Waals surface area contributed by atoms with Gasteiger partial charge in [-0.1, -0.05) is 47.1 Å². The number of hydrogen-bond donors (Lipinski definition) is 2. The molecule has 5 heteroatoms. The molecule has 24 heavy (non-hydrogen) atoms. The Kier molecular flexibility index (Phi) is 7.28. The molecule has 0 aliphatic rings. The number of halogens is 1. The maximum atomic E-state index is 12.0. The van der Waals surface area contributed by atoms with Crippen LogP contribution in [0.5, 0.6) is 5.75 Å². The first-order valence-electron chi connectivity index (χ1n) is 8.01. The summed E-state index contributed by atoms with van der Waals surface area (Å²) in [6.07, 6.45) is 0.924. The summed E-state index contributed by atoms with van der Waals surface area (Å²) in [6.45, 7) is 2.92. The van der Waals surface area contributed by atoms with E-state index in [4.69, 9.17) is 4.74 Å². The van der Waals surface area contributed by atoms with Crippen molar-refractivity contribution >= 4 is 21.8 Å². The summed E-state index contributed by atoms with van der Waals surface area (Å²) < 4.78 is 6.18.